The first-order valence-electron chi connectivity index (χ1n) is 12.1. The number of para-hydroxylation sites is 1. The van der Waals surface area contributed by atoms with E-state index in [4.69, 9.17) is 9.15 Å². The van der Waals surface area contributed by atoms with Crippen LogP contribution in [0.25, 0.3) is 11.0 Å². The number of hydrogen-bond donors (Lipinski definition) is 2. The zero-order valence-corrected chi connectivity index (χ0v) is 20.1. The Kier molecular flexibility index (Phi) is 5.35. The van der Waals surface area contributed by atoms with Gasteiger partial charge in [0.15, 0.2) is 0 Å². The number of allylic oxidation sites excluding steroid dienone is 7. The lowest BCUT2D eigenvalue weighted by Gasteiger charge is -2.14. The molecule has 1 aromatic heterocycles. The van der Waals surface area contributed by atoms with Crippen molar-refractivity contribution in [2.24, 2.45) is 5.41 Å². The van der Waals surface area contributed by atoms with Crippen LogP contribution >= 0.6 is 0 Å². The maximum Gasteiger partial charge on any atom is 0.412 e. The second kappa shape index (κ2) is 8.72. The summed E-state index contributed by atoms with van der Waals surface area (Å²) in [6.45, 7) is 1.82. The summed E-state index contributed by atoms with van der Waals surface area (Å²) in [5.41, 5.74) is 4.80. The van der Waals surface area contributed by atoms with E-state index in [1.807, 2.05) is 85.8 Å². The average Bonchev–Trinajstić information content (AvgIpc) is 3.33. The summed E-state index contributed by atoms with van der Waals surface area (Å²) in [6, 6.07) is 16.9. The van der Waals surface area contributed by atoms with Crippen molar-refractivity contribution in [3.05, 3.63) is 113 Å². The Morgan fingerprint density at radius 3 is 2.43 bits per heavy atom. The third kappa shape index (κ3) is 4.15. The van der Waals surface area contributed by atoms with Crippen LogP contribution in [0, 0.1) is 17.3 Å². The topological polar surface area (TPSA) is 88.8 Å². The quantitative estimate of drug-likeness (QED) is 0.390. The Balaban J connectivity index is 1.23. The highest BCUT2D eigenvalue weighted by molar-refractivity contribution is 6.01. The maximum atomic E-state index is 12.7. The second-order valence-corrected chi connectivity index (χ2v) is 9.42. The third-order valence-corrected chi connectivity index (χ3v) is 6.99. The van der Waals surface area contributed by atoms with Crippen LogP contribution in [-0.4, -0.2) is 17.2 Å². The molecule has 0 aliphatic heterocycles. The molecule has 1 saturated carbocycles. The Morgan fingerprint density at radius 2 is 1.70 bits per heavy atom. The van der Waals surface area contributed by atoms with Crippen LogP contribution in [0.5, 0.6) is 0 Å². The fourth-order valence-corrected chi connectivity index (χ4v) is 4.74. The van der Waals surface area contributed by atoms with Gasteiger partial charge in [-0.05, 0) is 84.4 Å². The fourth-order valence-electron chi connectivity index (χ4n) is 4.74. The number of fused-ring (bicyclic) bond motifs is 2. The zero-order chi connectivity index (χ0) is 25.6. The molecular weight excluding hydrogens is 466 g/mol. The van der Waals surface area contributed by atoms with Crippen molar-refractivity contribution >= 4 is 28.7 Å². The van der Waals surface area contributed by atoms with Crippen molar-refractivity contribution in [2.45, 2.75) is 25.9 Å². The summed E-state index contributed by atoms with van der Waals surface area (Å²) in [7, 11) is 0. The van der Waals surface area contributed by atoms with Crippen LogP contribution in [0.1, 0.15) is 37.2 Å². The number of ether oxygens (including phenoxy) is 1. The Hall–Kier alpha value is -4.76. The molecule has 37 heavy (non-hydrogen) atoms. The molecule has 6 rings (SSSR count). The molecule has 3 aromatic rings. The molecule has 2 N–H and O–H groups in total. The number of benzene rings is 2. The van der Waals surface area contributed by atoms with E-state index in [-0.39, 0.29) is 0 Å². The van der Waals surface area contributed by atoms with Crippen molar-refractivity contribution in [3.8, 4) is 11.8 Å². The number of aliphatic carboxylic acids is 1. The van der Waals surface area contributed by atoms with Gasteiger partial charge in [-0.3, -0.25) is 10.1 Å². The molecule has 1 amide bonds. The molecule has 0 spiro atoms. The molecular formula is C31H23NO5. The summed E-state index contributed by atoms with van der Waals surface area (Å²) in [5.74, 6) is 5.74. The van der Waals surface area contributed by atoms with Crippen molar-refractivity contribution in [1.29, 1.82) is 0 Å². The number of furan rings is 1. The number of carboxylic acids is 1. The van der Waals surface area contributed by atoms with E-state index in [0.29, 0.717) is 29.9 Å². The molecule has 0 bridgehead atoms. The molecule has 1 fully saturated rings. The molecule has 0 radical (unpaired) electrons. The molecule has 3 aliphatic carbocycles. The van der Waals surface area contributed by atoms with Crippen LogP contribution in [0.4, 0.5) is 10.5 Å². The van der Waals surface area contributed by atoms with Gasteiger partial charge in [-0.1, -0.05) is 48.4 Å². The first-order chi connectivity index (χ1) is 17.9. The van der Waals surface area contributed by atoms with E-state index in [1.165, 1.54) is 0 Å². The molecule has 0 saturated heterocycles. The van der Waals surface area contributed by atoms with E-state index in [9.17, 15) is 14.7 Å². The smallest absolute Gasteiger partial charge is 0.412 e. The molecule has 182 valence electrons. The predicted molar refractivity (Wildman–Crippen MR) is 140 cm³/mol. The van der Waals surface area contributed by atoms with E-state index < -0.39 is 23.6 Å². The SMILES string of the molecule is CC(OC(=O)Nc1c(C#CC2=CC3=CC(C4(C(=O)O)CC4)=CC3=C2)oc2ccccc12)c1ccccc1. The van der Waals surface area contributed by atoms with Crippen LogP contribution in [0.15, 0.2) is 106 Å². The van der Waals surface area contributed by atoms with Crippen LogP contribution in [0.3, 0.4) is 0 Å². The number of amides is 1. The van der Waals surface area contributed by atoms with Crippen LogP contribution in [-0.2, 0) is 9.53 Å². The summed E-state index contributed by atoms with van der Waals surface area (Å²) < 4.78 is 11.5. The molecule has 2 aromatic carbocycles. The number of hydrogen-bond acceptors (Lipinski definition) is 4. The normalized spacial score (nSPS) is 17.4. The molecule has 6 nitrogen and oxygen atoms in total. The number of carboxylic acid groups (broad SMARTS) is 1. The van der Waals surface area contributed by atoms with Crippen molar-refractivity contribution in [2.75, 3.05) is 5.32 Å². The van der Waals surface area contributed by atoms with E-state index >= 15 is 0 Å². The van der Waals surface area contributed by atoms with Gasteiger partial charge in [-0.25, -0.2) is 4.79 Å². The summed E-state index contributed by atoms with van der Waals surface area (Å²) >= 11 is 0. The lowest BCUT2D eigenvalue weighted by Crippen LogP contribution is -2.16. The van der Waals surface area contributed by atoms with E-state index in [1.54, 1.807) is 0 Å². The molecule has 1 heterocycles. The Morgan fingerprint density at radius 1 is 0.973 bits per heavy atom. The van der Waals surface area contributed by atoms with Crippen molar-refractivity contribution in [1.82, 2.24) is 0 Å². The maximum absolute atomic E-state index is 12.7. The first kappa shape index (κ1) is 22.7. The van der Waals surface area contributed by atoms with Crippen molar-refractivity contribution in [3.63, 3.8) is 0 Å². The van der Waals surface area contributed by atoms with Gasteiger partial charge in [-0.15, -0.1) is 0 Å². The molecule has 3 aliphatic rings. The van der Waals surface area contributed by atoms with Gasteiger partial charge in [0, 0.05) is 11.0 Å². The number of nitrogens with one attached hydrogen (secondary N) is 1. The monoisotopic (exact) mass is 489 g/mol. The lowest BCUT2D eigenvalue weighted by atomic mass is 9.96. The first-order valence-corrected chi connectivity index (χ1v) is 12.1. The average molecular weight is 490 g/mol. The van der Waals surface area contributed by atoms with Crippen molar-refractivity contribution < 1.29 is 23.8 Å². The molecule has 1 atom stereocenters. The number of carbonyl (C=O) groups is 2. The van der Waals surface area contributed by atoms with Gasteiger partial charge in [0.25, 0.3) is 0 Å². The minimum absolute atomic E-state index is 0.329. The number of rotatable bonds is 5. The molecule has 1 unspecified atom stereocenters. The fraction of sp³-hybridized carbons (Fsp3) is 0.161. The predicted octanol–water partition coefficient (Wildman–Crippen LogP) is 6.69. The Bertz CT molecular complexity index is 1630. The number of carbonyl (C=O) groups excluding carboxylic acids is 1. The van der Waals surface area contributed by atoms with Gasteiger partial charge < -0.3 is 14.3 Å². The van der Waals surface area contributed by atoms with Gasteiger partial charge in [0.2, 0.25) is 5.76 Å². The van der Waals surface area contributed by atoms with Gasteiger partial charge in [0.1, 0.15) is 17.4 Å². The van der Waals surface area contributed by atoms with E-state index in [0.717, 1.165) is 33.2 Å². The van der Waals surface area contributed by atoms with Gasteiger partial charge >= 0.3 is 12.1 Å². The third-order valence-electron chi connectivity index (χ3n) is 6.99. The molecule has 6 heteroatoms. The van der Waals surface area contributed by atoms with E-state index in [2.05, 4.69) is 17.2 Å². The van der Waals surface area contributed by atoms with Gasteiger partial charge in [0.05, 0.1) is 5.41 Å². The Labute approximate surface area is 213 Å². The highest BCUT2D eigenvalue weighted by Gasteiger charge is 2.53. The largest absolute Gasteiger partial charge is 0.481 e. The summed E-state index contributed by atoms with van der Waals surface area (Å²) in [4.78, 5) is 24.4. The highest BCUT2D eigenvalue weighted by atomic mass is 16.6. The standard InChI is InChI=1S/C31H23NO5/c1-19(21-7-3-2-4-8-21)36-30(35)32-28-25-9-5-6-10-26(25)37-27(28)12-11-20-15-22-17-24(18-23(22)16-20)31(13-14-31)29(33)34/h2-10,15-19H,13-14H2,1H3,(H,32,35)(H,33,34). The van der Waals surface area contributed by atoms with Crippen LogP contribution < -0.4 is 5.32 Å². The second-order valence-electron chi connectivity index (χ2n) is 9.42. The highest BCUT2D eigenvalue weighted by Crippen LogP contribution is 2.55. The number of anilines is 1. The summed E-state index contributed by atoms with van der Waals surface area (Å²) in [5, 5.41) is 13.1. The zero-order valence-electron chi connectivity index (χ0n) is 20.1. The lowest BCUT2D eigenvalue weighted by molar-refractivity contribution is -0.141. The van der Waals surface area contributed by atoms with Crippen LogP contribution in [0.2, 0.25) is 0 Å². The van der Waals surface area contributed by atoms with Gasteiger partial charge in [-0.2, -0.15) is 0 Å². The minimum Gasteiger partial charge on any atom is -0.481 e. The minimum atomic E-state index is -0.762. The summed E-state index contributed by atoms with van der Waals surface area (Å²) in [6.07, 6.45) is 8.10.